The van der Waals surface area contributed by atoms with Crippen molar-refractivity contribution in [2.45, 2.75) is 39.7 Å². The third kappa shape index (κ3) is 3.04. The summed E-state index contributed by atoms with van der Waals surface area (Å²) in [5.41, 5.74) is 5.50. The van der Waals surface area contributed by atoms with Crippen LogP contribution in [0.5, 0.6) is 0 Å². The first-order chi connectivity index (χ1) is 9.55. The predicted molar refractivity (Wildman–Crippen MR) is 79.6 cm³/mol. The van der Waals surface area contributed by atoms with E-state index in [-0.39, 0.29) is 6.04 Å². The molecule has 1 atom stereocenters. The smallest absolute Gasteiger partial charge is 0.0648 e. The molecule has 0 aromatic carbocycles. The fraction of sp³-hybridized carbons (Fsp3) is 0.533. The number of hydrogen-bond donors (Lipinski definition) is 1. The van der Waals surface area contributed by atoms with Crippen molar-refractivity contribution < 1.29 is 0 Å². The van der Waals surface area contributed by atoms with Gasteiger partial charge in [0.2, 0.25) is 0 Å². The lowest BCUT2D eigenvalue weighted by atomic mass is 10.0. The van der Waals surface area contributed by atoms with E-state index in [0.29, 0.717) is 0 Å². The number of likely N-dealkylation sites (N-methyl/N-ethyl adjacent to an activating group) is 1. The summed E-state index contributed by atoms with van der Waals surface area (Å²) in [5.74, 6) is 0. The molecule has 0 aliphatic carbocycles. The molecule has 108 valence electrons. The van der Waals surface area contributed by atoms with Crippen molar-refractivity contribution in [3.8, 4) is 0 Å². The van der Waals surface area contributed by atoms with Crippen molar-refractivity contribution in [2.24, 2.45) is 7.05 Å². The molecule has 1 unspecified atom stereocenters. The Balaban J connectivity index is 2.28. The molecule has 0 saturated carbocycles. The van der Waals surface area contributed by atoms with E-state index in [4.69, 9.17) is 0 Å². The fourth-order valence-corrected chi connectivity index (χ4v) is 2.43. The van der Waals surface area contributed by atoms with Crippen LogP contribution >= 0.6 is 0 Å². The Labute approximate surface area is 120 Å². The first-order valence-corrected chi connectivity index (χ1v) is 7.05. The van der Waals surface area contributed by atoms with Crippen molar-refractivity contribution in [2.75, 3.05) is 7.05 Å². The number of aromatic nitrogens is 4. The van der Waals surface area contributed by atoms with Gasteiger partial charge in [0.1, 0.15) is 0 Å². The van der Waals surface area contributed by atoms with E-state index < -0.39 is 0 Å². The van der Waals surface area contributed by atoms with Crippen molar-refractivity contribution in [3.05, 3.63) is 40.5 Å². The molecule has 2 aromatic rings. The Hall–Kier alpha value is -1.75. The topological polar surface area (TPSA) is 55.6 Å². The summed E-state index contributed by atoms with van der Waals surface area (Å²) < 4.78 is 1.97. The maximum Gasteiger partial charge on any atom is 0.0648 e. The third-order valence-electron chi connectivity index (χ3n) is 3.67. The second kappa shape index (κ2) is 6.13. The second-order valence-corrected chi connectivity index (χ2v) is 5.18. The van der Waals surface area contributed by atoms with Crippen molar-refractivity contribution in [1.29, 1.82) is 0 Å². The SMILES string of the molecule is CCc1cc(CC(NC)c2cc(C)nnc2C)n(C)n1. The maximum absolute atomic E-state index is 4.51. The predicted octanol–water partition coefficient (Wildman–Crippen LogP) is 1.89. The Morgan fingerprint density at radius 1 is 1.25 bits per heavy atom. The van der Waals surface area contributed by atoms with Crippen LogP contribution in [-0.4, -0.2) is 27.0 Å². The minimum absolute atomic E-state index is 0.226. The zero-order valence-electron chi connectivity index (χ0n) is 12.9. The van der Waals surface area contributed by atoms with Crippen LogP contribution < -0.4 is 5.32 Å². The van der Waals surface area contributed by atoms with E-state index >= 15 is 0 Å². The van der Waals surface area contributed by atoms with Gasteiger partial charge < -0.3 is 5.32 Å². The largest absolute Gasteiger partial charge is 0.313 e. The van der Waals surface area contributed by atoms with E-state index in [1.165, 1.54) is 11.3 Å². The Bertz CT molecular complexity index is 588. The summed E-state index contributed by atoms with van der Waals surface area (Å²) in [6.45, 7) is 6.11. The molecule has 2 rings (SSSR count). The molecule has 0 spiro atoms. The first-order valence-electron chi connectivity index (χ1n) is 7.05. The van der Waals surface area contributed by atoms with Crippen molar-refractivity contribution in [1.82, 2.24) is 25.3 Å². The number of nitrogens with zero attached hydrogens (tertiary/aromatic N) is 4. The molecule has 0 radical (unpaired) electrons. The van der Waals surface area contributed by atoms with Gasteiger partial charge in [-0.05, 0) is 45.0 Å². The molecule has 2 heterocycles. The van der Waals surface area contributed by atoms with E-state index in [1.807, 2.05) is 32.6 Å². The summed E-state index contributed by atoms with van der Waals surface area (Å²) in [7, 11) is 3.99. The fourth-order valence-electron chi connectivity index (χ4n) is 2.43. The summed E-state index contributed by atoms with van der Waals surface area (Å²) in [6.07, 6.45) is 1.86. The van der Waals surface area contributed by atoms with Gasteiger partial charge in [-0.3, -0.25) is 4.68 Å². The summed E-state index contributed by atoms with van der Waals surface area (Å²) >= 11 is 0. The monoisotopic (exact) mass is 273 g/mol. The van der Waals surface area contributed by atoms with Crippen LogP contribution in [0.4, 0.5) is 0 Å². The molecule has 0 saturated heterocycles. The van der Waals surface area contributed by atoms with Gasteiger partial charge in [-0.1, -0.05) is 6.92 Å². The Morgan fingerprint density at radius 3 is 2.60 bits per heavy atom. The Kier molecular flexibility index (Phi) is 4.49. The van der Waals surface area contributed by atoms with Gasteiger partial charge in [0, 0.05) is 25.2 Å². The van der Waals surface area contributed by atoms with Crippen LogP contribution in [0.15, 0.2) is 12.1 Å². The van der Waals surface area contributed by atoms with Crippen LogP contribution in [0.3, 0.4) is 0 Å². The minimum atomic E-state index is 0.226. The summed E-state index contributed by atoms with van der Waals surface area (Å²) in [4.78, 5) is 0. The normalized spacial score (nSPS) is 12.7. The molecule has 5 nitrogen and oxygen atoms in total. The van der Waals surface area contributed by atoms with Gasteiger partial charge in [0.25, 0.3) is 0 Å². The summed E-state index contributed by atoms with van der Waals surface area (Å²) in [5, 5.41) is 16.2. The molecule has 0 amide bonds. The quantitative estimate of drug-likeness (QED) is 0.904. The molecule has 0 aliphatic heterocycles. The van der Waals surface area contributed by atoms with Gasteiger partial charge in [-0.25, -0.2) is 0 Å². The molecule has 20 heavy (non-hydrogen) atoms. The first kappa shape index (κ1) is 14.7. The zero-order valence-corrected chi connectivity index (χ0v) is 12.9. The summed E-state index contributed by atoms with van der Waals surface area (Å²) in [6, 6.07) is 4.52. The highest BCUT2D eigenvalue weighted by molar-refractivity contribution is 5.26. The average molecular weight is 273 g/mol. The molecule has 1 N–H and O–H groups in total. The number of hydrogen-bond acceptors (Lipinski definition) is 4. The Morgan fingerprint density at radius 2 is 2.00 bits per heavy atom. The lowest BCUT2D eigenvalue weighted by Crippen LogP contribution is -2.22. The lowest BCUT2D eigenvalue weighted by Gasteiger charge is -2.18. The maximum atomic E-state index is 4.51. The lowest BCUT2D eigenvalue weighted by molar-refractivity contribution is 0.554. The number of rotatable bonds is 5. The van der Waals surface area contributed by atoms with Crippen LogP contribution in [0.25, 0.3) is 0 Å². The third-order valence-corrected chi connectivity index (χ3v) is 3.67. The van der Waals surface area contributed by atoms with E-state index in [0.717, 1.165) is 29.9 Å². The van der Waals surface area contributed by atoms with Crippen molar-refractivity contribution >= 4 is 0 Å². The zero-order chi connectivity index (χ0) is 14.7. The molecular formula is C15H23N5. The second-order valence-electron chi connectivity index (χ2n) is 5.18. The molecule has 2 aromatic heterocycles. The number of nitrogens with one attached hydrogen (secondary N) is 1. The van der Waals surface area contributed by atoms with Gasteiger partial charge in [0.05, 0.1) is 17.1 Å². The molecular weight excluding hydrogens is 250 g/mol. The van der Waals surface area contributed by atoms with E-state index in [9.17, 15) is 0 Å². The van der Waals surface area contributed by atoms with E-state index in [2.05, 4.69) is 39.7 Å². The van der Waals surface area contributed by atoms with Crippen LogP contribution in [0.2, 0.25) is 0 Å². The van der Waals surface area contributed by atoms with Gasteiger partial charge in [0.15, 0.2) is 0 Å². The average Bonchev–Trinajstić information content (AvgIpc) is 2.79. The standard InChI is InChI=1S/C15H23N5/c1-6-12-8-13(20(5)19-12)9-15(16-4)14-7-10(2)17-18-11(14)3/h7-8,15-16H,6,9H2,1-5H3. The van der Waals surface area contributed by atoms with Crippen molar-refractivity contribution in [3.63, 3.8) is 0 Å². The van der Waals surface area contributed by atoms with Gasteiger partial charge in [-0.2, -0.15) is 15.3 Å². The highest BCUT2D eigenvalue weighted by Gasteiger charge is 2.16. The van der Waals surface area contributed by atoms with Crippen LogP contribution in [0, 0.1) is 13.8 Å². The molecule has 0 aliphatic rings. The molecule has 5 heteroatoms. The van der Waals surface area contributed by atoms with Gasteiger partial charge in [-0.15, -0.1) is 0 Å². The molecule has 0 bridgehead atoms. The van der Waals surface area contributed by atoms with Crippen LogP contribution in [0.1, 0.15) is 41.3 Å². The highest BCUT2D eigenvalue weighted by atomic mass is 15.3. The van der Waals surface area contributed by atoms with E-state index in [1.54, 1.807) is 0 Å². The van der Waals surface area contributed by atoms with Gasteiger partial charge >= 0.3 is 0 Å². The highest BCUT2D eigenvalue weighted by Crippen LogP contribution is 2.21. The minimum Gasteiger partial charge on any atom is -0.313 e. The molecule has 0 fully saturated rings. The van der Waals surface area contributed by atoms with Crippen LogP contribution in [-0.2, 0) is 19.9 Å². The number of aryl methyl sites for hydroxylation is 4.